The molecule has 1 saturated heterocycles. The van der Waals surface area contributed by atoms with Gasteiger partial charge in [-0.1, -0.05) is 62.9 Å². The van der Waals surface area contributed by atoms with Gasteiger partial charge in [-0.05, 0) is 56.0 Å². The fourth-order valence-corrected chi connectivity index (χ4v) is 5.77. The largest absolute Gasteiger partial charge is 0.501 e. The number of nitrogens with one attached hydrogen (secondary N) is 3. The van der Waals surface area contributed by atoms with E-state index in [-0.39, 0.29) is 17.8 Å². The molecule has 4 rings (SSSR count). The van der Waals surface area contributed by atoms with Crippen LogP contribution in [0.3, 0.4) is 0 Å². The first-order valence-corrected chi connectivity index (χ1v) is 13.5. The highest BCUT2D eigenvalue weighted by atomic mass is 16.3. The van der Waals surface area contributed by atoms with Crippen molar-refractivity contribution < 1.29 is 15.0 Å². The lowest BCUT2D eigenvalue weighted by molar-refractivity contribution is 0.0909. The number of rotatable bonds is 9. The van der Waals surface area contributed by atoms with E-state index in [1.165, 1.54) is 24.8 Å². The van der Waals surface area contributed by atoms with Gasteiger partial charge in [-0.15, -0.1) is 0 Å². The maximum atomic E-state index is 13.0. The molecule has 1 amide bonds. The average Bonchev–Trinajstić information content (AvgIpc) is 2.91. The van der Waals surface area contributed by atoms with Crippen LogP contribution in [0.1, 0.15) is 86.7 Å². The van der Waals surface area contributed by atoms with E-state index < -0.39 is 17.5 Å². The van der Waals surface area contributed by atoms with E-state index in [2.05, 4.69) is 57.1 Å². The van der Waals surface area contributed by atoms with Gasteiger partial charge in [0, 0.05) is 19.1 Å². The molecule has 1 saturated carbocycles. The summed E-state index contributed by atoms with van der Waals surface area (Å²) < 4.78 is 0. The lowest BCUT2D eigenvalue weighted by atomic mass is 9.81. The summed E-state index contributed by atoms with van der Waals surface area (Å²) in [5.41, 5.74) is 1.12. The number of hydrogen-bond acceptors (Lipinski definition) is 7. The quantitative estimate of drug-likeness (QED) is 0.356. The Kier molecular flexibility index (Phi) is 9.15. The Morgan fingerprint density at radius 1 is 1.11 bits per heavy atom. The normalized spacial score (nSPS) is 23.8. The van der Waals surface area contributed by atoms with Crippen LogP contribution in [0.15, 0.2) is 30.3 Å². The van der Waals surface area contributed by atoms with Crippen molar-refractivity contribution in [2.45, 2.75) is 77.4 Å². The first-order chi connectivity index (χ1) is 17.5. The van der Waals surface area contributed by atoms with E-state index in [1.54, 1.807) is 0 Å². The van der Waals surface area contributed by atoms with Crippen LogP contribution >= 0.6 is 0 Å². The van der Waals surface area contributed by atoms with Gasteiger partial charge in [0.05, 0.1) is 6.04 Å². The SMILES string of the molecule is CCC1CC(c2nc(O)c(O)c(C(=O)N[C@H](C)C3CCCCC3)n2)NCC1CNCc1ccccc1. The molecule has 8 heteroatoms. The second-order valence-corrected chi connectivity index (χ2v) is 10.5. The van der Waals surface area contributed by atoms with Gasteiger partial charge in [0.25, 0.3) is 11.8 Å². The van der Waals surface area contributed by atoms with Crippen molar-refractivity contribution in [3.63, 3.8) is 0 Å². The van der Waals surface area contributed by atoms with Gasteiger partial charge in [0.2, 0.25) is 5.75 Å². The summed E-state index contributed by atoms with van der Waals surface area (Å²) >= 11 is 0. The minimum Gasteiger partial charge on any atom is -0.501 e. The van der Waals surface area contributed by atoms with Crippen LogP contribution < -0.4 is 16.0 Å². The maximum absolute atomic E-state index is 13.0. The molecule has 1 aromatic heterocycles. The fraction of sp³-hybridized carbons (Fsp3) is 0.607. The van der Waals surface area contributed by atoms with Gasteiger partial charge >= 0.3 is 0 Å². The van der Waals surface area contributed by atoms with Crippen LogP contribution in [0.25, 0.3) is 0 Å². The summed E-state index contributed by atoms with van der Waals surface area (Å²) in [5, 5.41) is 30.8. The number of benzene rings is 1. The number of hydrogen-bond donors (Lipinski definition) is 5. The molecule has 3 unspecified atom stereocenters. The molecule has 8 nitrogen and oxygen atoms in total. The molecule has 1 aromatic carbocycles. The summed E-state index contributed by atoms with van der Waals surface area (Å²) in [5.74, 6) is 0.125. The maximum Gasteiger partial charge on any atom is 0.274 e. The second kappa shape index (κ2) is 12.5. The van der Waals surface area contributed by atoms with Gasteiger partial charge in [-0.25, -0.2) is 4.98 Å². The van der Waals surface area contributed by atoms with Crippen molar-refractivity contribution in [1.29, 1.82) is 0 Å². The van der Waals surface area contributed by atoms with Crippen LogP contribution in [0.5, 0.6) is 11.6 Å². The third-order valence-corrected chi connectivity index (χ3v) is 8.06. The zero-order valence-electron chi connectivity index (χ0n) is 21.5. The summed E-state index contributed by atoms with van der Waals surface area (Å²) in [6.45, 7) is 6.73. The molecule has 1 aliphatic heterocycles. The molecule has 0 radical (unpaired) electrons. The highest BCUT2D eigenvalue weighted by Gasteiger charge is 2.33. The zero-order chi connectivity index (χ0) is 25.5. The summed E-state index contributed by atoms with van der Waals surface area (Å²) in [6, 6.07) is 10.2. The molecule has 4 atom stereocenters. The topological polar surface area (TPSA) is 119 Å². The van der Waals surface area contributed by atoms with Crippen LogP contribution in [0.4, 0.5) is 0 Å². The summed E-state index contributed by atoms with van der Waals surface area (Å²) in [6.07, 6.45) is 7.63. The third kappa shape index (κ3) is 6.53. The first-order valence-electron chi connectivity index (χ1n) is 13.5. The number of piperidine rings is 1. The van der Waals surface area contributed by atoms with E-state index in [0.29, 0.717) is 23.6 Å². The predicted molar refractivity (Wildman–Crippen MR) is 140 cm³/mol. The Morgan fingerprint density at radius 2 is 1.86 bits per heavy atom. The molecule has 196 valence electrons. The number of aromatic nitrogens is 2. The Balaban J connectivity index is 1.38. The van der Waals surface area contributed by atoms with Gasteiger partial charge in [-0.2, -0.15) is 4.98 Å². The number of nitrogens with zero attached hydrogens (tertiary/aromatic N) is 2. The minimum absolute atomic E-state index is 0.0146. The molecule has 0 spiro atoms. The molecule has 2 fully saturated rings. The van der Waals surface area contributed by atoms with Gasteiger partial charge in [-0.3, -0.25) is 4.79 Å². The minimum atomic E-state index is -0.557. The lowest BCUT2D eigenvalue weighted by Crippen LogP contribution is -2.44. The molecule has 36 heavy (non-hydrogen) atoms. The van der Waals surface area contributed by atoms with Crippen molar-refractivity contribution in [2.75, 3.05) is 13.1 Å². The van der Waals surface area contributed by atoms with Crippen LogP contribution in [0.2, 0.25) is 0 Å². The highest BCUT2D eigenvalue weighted by Crippen LogP contribution is 2.34. The third-order valence-electron chi connectivity index (χ3n) is 8.06. The van der Waals surface area contributed by atoms with Crippen molar-refractivity contribution in [1.82, 2.24) is 25.9 Å². The van der Waals surface area contributed by atoms with Gasteiger partial charge in [0.1, 0.15) is 5.82 Å². The fourth-order valence-electron chi connectivity index (χ4n) is 5.77. The molecular weight excluding hydrogens is 454 g/mol. The van der Waals surface area contributed by atoms with Gasteiger partial charge < -0.3 is 26.2 Å². The average molecular weight is 496 g/mol. The monoisotopic (exact) mass is 495 g/mol. The first kappa shape index (κ1) is 26.4. The Morgan fingerprint density at radius 3 is 2.58 bits per heavy atom. The smallest absolute Gasteiger partial charge is 0.274 e. The van der Waals surface area contributed by atoms with E-state index in [0.717, 1.165) is 45.3 Å². The number of amides is 1. The number of carbonyl (C=O) groups is 1. The van der Waals surface area contributed by atoms with Gasteiger partial charge in [0.15, 0.2) is 5.69 Å². The van der Waals surface area contributed by atoms with Crippen LogP contribution in [-0.4, -0.2) is 45.2 Å². The number of aromatic hydroxyl groups is 2. The van der Waals surface area contributed by atoms with E-state index in [4.69, 9.17) is 0 Å². The van der Waals surface area contributed by atoms with Crippen LogP contribution in [-0.2, 0) is 6.54 Å². The standard InChI is InChI=1S/C28H41N5O3/c1-3-20-14-23(30-17-22(20)16-29-15-19-10-6-4-7-11-19)26-32-24(25(34)28(36)33-26)27(35)31-18(2)21-12-8-5-9-13-21/h4,6-7,10-11,18,20-23,29-30,34H,3,5,8-9,12-17H2,1-2H3,(H,31,35)(H,32,33,36)/t18-,20?,22?,23?/m1/s1. The van der Waals surface area contributed by atoms with E-state index in [9.17, 15) is 15.0 Å². The van der Waals surface area contributed by atoms with Crippen LogP contribution in [0, 0.1) is 17.8 Å². The van der Waals surface area contributed by atoms with Crippen molar-refractivity contribution in [3.8, 4) is 11.6 Å². The molecule has 5 N–H and O–H groups in total. The molecule has 2 aromatic rings. The Labute approximate surface area is 214 Å². The van der Waals surface area contributed by atoms with Crippen molar-refractivity contribution in [2.24, 2.45) is 17.8 Å². The Hall–Kier alpha value is -2.71. The van der Waals surface area contributed by atoms with Crippen molar-refractivity contribution in [3.05, 3.63) is 47.4 Å². The van der Waals surface area contributed by atoms with E-state index in [1.807, 2.05) is 13.0 Å². The van der Waals surface area contributed by atoms with Crippen molar-refractivity contribution >= 4 is 5.91 Å². The summed E-state index contributed by atoms with van der Waals surface area (Å²) in [4.78, 5) is 21.6. The molecule has 1 aliphatic carbocycles. The molecular formula is C28H41N5O3. The zero-order valence-corrected chi connectivity index (χ0v) is 21.5. The predicted octanol–water partition coefficient (Wildman–Crippen LogP) is 4.05. The second-order valence-electron chi connectivity index (χ2n) is 10.5. The molecule has 2 heterocycles. The summed E-state index contributed by atoms with van der Waals surface area (Å²) in [7, 11) is 0. The molecule has 2 aliphatic rings. The Bertz CT molecular complexity index is 996. The molecule has 0 bridgehead atoms. The lowest BCUT2D eigenvalue weighted by Gasteiger charge is -2.36. The van der Waals surface area contributed by atoms with E-state index >= 15 is 0 Å². The number of carbonyl (C=O) groups excluding carboxylic acids is 1. The highest BCUT2D eigenvalue weighted by molar-refractivity contribution is 5.95.